The summed E-state index contributed by atoms with van der Waals surface area (Å²) < 4.78 is 5.19. The molecular weight excluding hydrogens is 154 g/mol. The Kier molecular flexibility index (Phi) is 3.05. The van der Waals surface area contributed by atoms with E-state index in [2.05, 4.69) is 4.98 Å². The van der Waals surface area contributed by atoms with Crippen LogP contribution in [0.1, 0.15) is 12.6 Å². The van der Waals surface area contributed by atoms with E-state index in [4.69, 9.17) is 9.84 Å². The lowest BCUT2D eigenvalue weighted by Crippen LogP contribution is -2.13. The Balaban J connectivity index is 2.52. The molecule has 1 rings (SSSR count). The van der Waals surface area contributed by atoms with Crippen LogP contribution in [0.15, 0.2) is 18.2 Å². The highest BCUT2D eigenvalue weighted by atomic mass is 16.5. The van der Waals surface area contributed by atoms with E-state index in [1.807, 2.05) is 19.1 Å². The van der Waals surface area contributed by atoms with E-state index in [1.54, 1.807) is 13.0 Å². The third-order valence-electron chi connectivity index (χ3n) is 1.34. The summed E-state index contributed by atoms with van der Waals surface area (Å²) in [5.41, 5.74) is 0.915. The van der Waals surface area contributed by atoms with Gasteiger partial charge in [-0.15, -0.1) is 0 Å². The predicted octanol–water partition coefficient (Wildman–Crippen LogP) is 1.15. The maximum Gasteiger partial charge on any atom is 0.213 e. The van der Waals surface area contributed by atoms with Crippen LogP contribution < -0.4 is 4.74 Å². The van der Waals surface area contributed by atoms with E-state index in [0.717, 1.165) is 5.69 Å². The topological polar surface area (TPSA) is 42.4 Å². The highest BCUT2D eigenvalue weighted by Gasteiger charge is 1.98. The zero-order valence-electron chi connectivity index (χ0n) is 7.32. The first-order valence-electron chi connectivity index (χ1n) is 3.93. The minimum atomic E-state index is -0.452. The van der Waals surface area contributed by atoms with Gasteiger partial charge in [-0.2, -0.15) is 0 Å². The van der Waals surface area contributed by atoms with Crippen LogP contribution in [0.3, 0.4) is 0 Å². The summed E-state index contributed by atoms with van der Waals surface area (Å²) in [5.74, 6) is 0.566. The molecule has 1 N–H and O–H groups in total. The Labute approximate surface area is 72.0 Å². The first kappa shape index (κ1) is 9.00. The average Bonchev–Trinajstić information content (AvgIpc) is 2.01. The Morgan fingerprint density at radius 1 is 1.58 bits per heavy atom. The molecule has 0 aliphatic rings. The van der Waals surface area contributed by atoms with Crippen LogP contribution >= 0.6 is 0 Å². The fraction of sp³-hybridized carbons (Fsp3) is 0.444. The van der Waals surface area contributed by atoms with Crippen LogP contribution in [-0.2, 0) is 0 Å². The number of hydrogen-bond acceptors (Lipinski definition) is 3. The molecule has 1 heterocycles. The highest BCUT2D eigenvalue weighted by Crippen LogP contribution is 2.06. The van der Waals surface area contributed by atoms with Crippen molar-refractivity contribution in [2.75, 3.05) is 6.61 Å². The summed E-state index contributed by atoms with van der Waals surface area (Å²) in [4.78, 5) is 4.11. The molecule has 0 amide bonds. The fourth-order valence-electron chi connectivity index (χ4n) is 0.804. The summed E-state index contributed by atoms with van der Waals surface area (Å²) in [5, 5.41) is 8.93. The zero-order chi connectivity index (χ0) is 8.97. The Bertz CT molecular complexity index is 248. The van der Waals surface area contributed by atoms with Crippen LogP contribution in [0.2, 0.25) is 0 Å². The molecule has 0 aliphatic heterocycles. The lowest BCUT2D eigenvalue weighted by Gasteiger charge is -2.06. The van der Waals surface area contributed by atoms with Crippen LogP contribution in [0.25, 0.3) is 0 Å². The van der Waals surface area contributed by atoms with Gasteiger partial charge in [0.25, 0.3) is 0 Å². The van der Waals surface area contributed by atoms with Crippen molar-refractivity contribution in [1.82, 2.24) is 4.98 Å². The van der Waals surface area contributed by atoms with E-state index >= 15 is 0 Å². The molecule has 1 unspecified atom stereocenters. The number of aliphatic hydroxyl groups is 1. The molecule has 1 aromatic rings. The SMILES string of the molecule is Cc1cccc(OCC(C)O)n1. The summed E-state index contributed by atoms with van der Waals surface area (Å²) >= 11 is 0. The number of aliphatic hydroxyl groups excluding tert-OH is 1. The maximum atomic E-state index is 8.93. The standard InChI is InChI=1S/C9H13NO2/c1-7-4-3-5-9(10-7)12-6-8(2)11/h3-5,8,11H,6H2,1-2H3. The second-order valence-electron chi connectivity index (χ2n) is 2.78. The normalized spacial score (nSPS) is 12.6. The highest BCUT2D eigenvalue weighted by molar-refractivity contribution is 5.14. The van der Waals surface area contributed by atoms with Gasteiger partial charge in [-0.3, -0.25) is 0 Å². The number of rotatable bonds is 3. The first-order chi connectivity index (χ1) is 5.68. The van der Waals surface area contributed by atoms with Gasteiger partial charge in [-0.1, -0.05) is 6.07 Å². The second-order valence-corrected chi connectivity index (χ2v) is 2.78. The number of nitrogens with zero attached hydrogens (tertiary/aromatic N) is 1. The van der Waals surface area contributed by atoms with E-state index < -0.39 is 6.10 Å². The number of aromatic nitrogens is 1. The minimum Gasteiger partial charge on any atom is -0.475 e. The van der Waals surface area contributed by atoms with E-state index in [-0.39, 0.29) is 6.61 Å². The van der Waals surface area contributed by atoms with Gasteiger partial charge in [-0.25, -0.2) is 4.98 Å². The summed E-state index contributed by atoms with van der Waals surface area (Å²) in [6.07, 6.45) is -0.452. The second kappa shape index (κ2) is 4.07. The predicted molar refractivity (Wildman–Crippen MR) is 46.1 cm³/mol. The molecule has 3 nitrogen and oxygen atoms in total. The lowest BCUT2D eigenvalue weighted by atomic mass is 10.4. The van der Waals surface area contributed by atoms with Gasteiger partial charge in [0.2, 0.25) is 5.88 Å². The van der Waals surface area contributed by atoms with Crippen LogP contribution in [-0.4, -0.2) is 22.8 Å². The molecule has 3 heteroatoms. The van der Waals surface area contributed by atoms with Crippen molar-refractivity contribution in [3.05, 3.63) is 23.9 Å². The molecule has 0 fully saturated rings. The van der Waals surface area contributed by atoms with Gasteiger partial charge in [0.15, 0.2) is 0 Å². The van der Waals surface area contributed by atoms with Gasteiger partial charge >= 0.3 is 0 Å². The molecule has 0 aliphatic carbocycles. The molecule has 0 spiro atoms. The van der Waals surface area contributed by atoms with E-state index in [0.29, 0.717) is 5.88 Å². The van der Waals surface area contributed by atoms with Crippen LogP contribution in [0.4, 0.5) is 0 Å². The number of ether oxygens (including phenoxy) is 1. The zero-order valence-corrected chi connectivity index (χ0v) is 7.32. The molecule has 1 aromatic heterocycles. The molecule has 66 valence electrons. The largest absolute Gasteiger partial charge is 0.475 e. The fourth-order valence-corrected chi connectivity index (χ4v) is 0.804. The van der Waals surface area contributed by atoms with Gasteiger partial charge < -0.3 is 9.84 Å². The quantitative estimate of drug-likeness (QED) is 0.734. The molecular formula is C9H13NO2. The van der Waals surface area contributed by atoms with Crippen molar-refractivity contribution in [2.24, 2.45) is 0 Å². The monoisotopic (exact) mass is 167 g/mol. The van der Waals surface area contributed by atoms with Gasteiger partial charge in [-0.05, 0) is 19.9 Å². The van der Waals surface area contributed by atoms with Crippen molar-refractivity contribution in [3.63, 3.8) is 0 Å². The lowest BCUT2D eigenvalue weighted by molar-refractivity contribution is 0.120. The smallest absolute Gasteiger partial charge is 0.213 e. The number of hydrogen-bond donors (Lipinski definition) is 1. The number of pyridine rings is 1. The molecule has 0 saturated heterocycles. The van der Waals surface area contributed by atoms with Crippen LogP contribution in [0, 0.1) is 6.92 Å². The molecule has 0 saturated carbocycles. The third-order valence-corrected chi connectivity index (χ3v) is 1.34. The minimum absolute atomic E-state index is 0.288. The summed E-state index contributed by atoms with van der Waals surface area (Å²) in [6.45, 7) is 3.86. The maximum absolute atomic E-state index is 8.93. The van der Waals surface area contributed by atoms with Crippen molar-refractivity contribution in [3.8, 4) is 5.88 Å². The van der Waals surface area contributed by atoms with Gasteiger partial charge in [0, 0.05) is 11.8 Å². The van der Waals surface area contributed by atoms with Crippen molar-refractivity contribution in [2.45, 2.75) is 20.0 Å². The average molecular weight is 167 g/mol. The number of aryl methyl sites for hydroxylation is 1. The Hall–Kier alpha value is -1.09. The van der Waals surface area contributed by atoms with E-state index in [9.17, 15) is 0 Å². The summed E-state index contributed by atoms with van der Waals surface area (Å²) in [6, 6.07) is 5.55. The van der Waals surface area contributed by atoms with Crippen LogP contribution in [0.5, 0.6) is 5.88 Å². The van der Waals surface area contributed by atoms with E-state index in [1.165, 1.54) is 0 Å². The third kappa shape index (κ3) is 2.88. The van der Waals surface area contributed by atoms with Gasteiger partial charge in [0.1, 0.15) is 6.61 Å². The molecule has 12 heavy (non-hydrogen) atoms. The Morgan fingerprint density at radius 2 is 2.33 bits per heavy atom. The molecule has 0 bridgehead atoms. The van der Waals surface area contributed by atoms with Gasteiger partial charge in [0.05, 0.1) is 6.10 Å². The van der Waals surface area contributed by atoms with Crippen molar-refractivity contribution in [1.29, 1.82) is 0 Å². The van der Waals surface area contributed by atoms with Crippen molar-refractivity contribution >= 4 is 0 Å². The molecule has 1 atom stereocenters. The summed E-state index contributed by atoms with van der Waals surface area (Å²) in [7, 11) is 0. The first-order valence-corrected chi connectivity index (χ1v) is 3.93. The molecule has 0 radical (unpaired) electrons. The molecule has 0 aromatic carbocycles. The van der Waals surface area contributed by atoms with Crippen molar-refractivity contribution < 1.29 is 9.84 Å². The Morgan fingerprint density at radius 3 is 2.92 bits per heavy atom.